The summed E-state index contributed by atoms with van der Waals surface area (Å²) in [5, 5.41) is 6.58. The Balaban J connectivity index is 2.46. The number of hydrogen-bond donors (Lipinski definition) is 1. The molecule has 1 aromatic rings. The predicted octanol–water partition coefficient (Wildman–Crippen LogP) is 2.01. The Hall–Kier alpha value is -0.450. The van der Waals surface area contributed by atoms with Crippen LogP contribution < -0.4 is 5.32 Å². The van der Waals surface area contributed by atoms with Crippen molar-refractivity contribution in [2.24, 2.45) is 0 Å². The first kappa shape index (κ1) is 12.6. The zero-order valence-corrected chi connectivity index (χ0v) is 10.7. The number of thiazole rings is 1. The van der Waals surface area contributed by atoms with E-state index in [0.717, 1.165) is 17.8 Å². The fraction of sp³-hybridized carbons (Fsp3) is 0.727. The molecule has 0 bridgehead atoms. The highest BCUT2D eigenvalue weighted by atomic mass is 32.1. The number of aryl methyl sites for hydroxylation is 1. The van der Waals surface area contributed by atoms with Crippen molar-refractivity contribution in [1.82, 2.24) is 10.3 Å². The molecule has 0 aromatic carbocycles. The van der Waals surface area contributed by atoms with Gasteiger partial charge < -0.3 is 10.1 Å². The van der Waals surface area contributed by atoms with Crippen LogP contribution in [0.15, 0.2) is 5.38 Å². The van der Waals surface area contributed by atoms with E-state index in [0.29, 0.717) is 12.1 Å². The monoisotopic (exact) mass is 228 g/mol. The van der Waals surface area contributed by atoms with Crippen molar-refractivity contribution in [3.8, 4) is 0 Å². The van der Waals surface area contributed by atoms with Crippen LogP contribution in [0, 0.1) is 6.92 Å². The van der Waals surface area contributed by atoms with Crippen molar-refractivity contribution in [3.63, 3.8) is 0 Å². The summed E-state index contributed by atoms with van der Waals surface area (Å²) in [4.78, 5) is 4.47. The lowest BCUT2D eigenvalue weighted by molar-refractivity contribution is 0.101. The van der Waals surface area contributed by atoms with E-state index >= 15 is 0 Å². The number of hydrogen-bond acceptors (Lipinski definition) is 4. The van der Waals surface area contributed by atoms with Crippen LogP contribution in [-0.2, 0) is 11.2 Å². The second-order valence-corrected chi connectivity index (χ2v) is 4.89. The molecule has 0 aliphatic rings. The maximum absolute atomic E-state index is 5.27. The van der Waals surface area contributed by atoms with E-state index in [-0.39, 0.29) is 0 Å². The lowest BCUT2D eigenvalue weighted by Crippen LogP contribution is -2.31. The first-order valence-electron chi connectivity index (χ1n) is 5.26. The highest BCUT2D eigenvalue weighted by Gasteiger charge is 2.12. The number of methoxy groups -OCH3 is 1. The van der Waals surface area contributed by atoms with E-state index in [1.807, 2.05) is 14.0 Å². The van der Waals surface area contributed by atoms with Gasteiger partial charge in [-0.05, 0) is 27.3 Å². The summed E-state index contributed by atoms with van der Waals surface area (Å²) < 4.78 is 5.27. The molecular weight excluding hydrogens is 208 g/mol. The number of ether oxygens (including phenoxy) is 1. The van der Waals surface area contributed by atoms with Gasteiger partial charge in [0.1, 0.15) is 0 Å². The zero-order chi connectivity index (χ0) is 11.3. The Morgan fingerprint density at radius 1 is 1.60 bits per heavy atom. The summed E-state index contributed by atoms with van der Waals surface area (Å²) >= 11 is 1.71. The molecule has 1 N–H and O–H groups in total. The first-order valence-corrected chi connectivity index (χ1v) is 6.14. The summed E-state index contributed by atoms with van der Waals surface area (Å²) in [7, 11) is 3.75. The lowest BCUT2D eigenvalue weighted by Gasteiger charge is -2.18. The molecule has 0 aliphatic heterocycles. The van der Waals surface area contributed by atoms with Gasteiger partial charge in [-0.3, -0.25) is 0 Å². The van der Waals surface area contributed by atoms with Crippen molar-refractivity contribution < 1.29 is 4.74 Å². The molecule has 0 saturated carbocycles. The standard InChI is InChI=1S/C11H20N2OS/c1-8(14-4)5-10(12-3)6-11-7-15-9(2)13-11/h7-8,10,12H,5-6H2,1-4H3. The molecule has 1 heterocycles. The minimum absolute atomic E-state index is 0.294. The van der Waals surface area contributed by atoms with Crippen LogP contribution in [0.2, 0.25) is 0 Å². The van der Waals surface area contributed by atoms with E-state index in [9.17, 15) is 0 Å². The molecule has 2 unspecified atom stereocenters. The van der Waals surface area contributed by atoms with Crippen LogP contribution in [0.3, 0.4) is 0 Å². The summed E-state index contributed by atoms with van der Waals surface area (Å²) in [5.74, 6) is 0. The van der Waals surface area contributed by atoms with Gasteiger partial charge in [0, 0.05) is 25.0 Å². The average Bonchev–Trinajstić information content (AvgIpc) is 2.62. The van der Waals surface area contributed by atoms with E-state index in [1.54, 1.807) is 18.4 Å². The van der Waals surface area contributed by atoms with Crippen LogP contribution >= 0.6 is 11.3 Å². The quantitative estimate of drug-likeness (QED) is 0.808. The van der Waals surface area contributed by atoms with E-state index in [1.165, 1.54) is 5.69 Å². The SMILES string of the molecule is CNC(Cc1csc(C)n1)CC(C)OC. The van der Waals surface area contributed by atoms with E-state index in [2.05, 4.69) is 22.6 Å². The lowest BCUT2D eigenvalue weighted by atomic mass is 10.1. The molecule has 1 aromatic heterocycles. The van der Waals surface area contributed by atoms with E-state index in [4.69, 9.17) is 4.74 Å². The van der Waals surface area contributed by atoms with Gasteiger partial charge in [-0.1, -0.05) is 0 Å². The first-order chi connectivity index (χ1) is 7.15. The van der Waals surface area contributed by atoms with Gasteiger partial charge in [0.15, 0.2) is 0 Å². The van der Waals surface area contributed by atoms with Crippen molar-refractivity contribution in [2.75, 3.05) is 14.2 Å². The zero-order valence-electron chi connectivity index (χ0n) is 9.91. The fourth-order valence-electron chi connectivity index (χ4n) is 1.55. The van der Waals surface area contributed by atoms with Crippen molar-refractivity contribution in [1.29, 1.82) is 0 Å². The topological polar surface area (TPSA) is 34.2 Å². The number of aromatic nitrogens is 1. The molecule has 0 fully saturated rings. The maximum Gasteiger partial charge on any atom is 0.0897 e. The molecular formula is C11H20N2OS. The van der Waals surface area contributed by atoms with Crippen LogP contribution in [-0.4, -0.2) is 31.3 Å². The molecule has 0 aliphatic carbocycles. The van der Waals surface area contributed by atoms with E-state index < -0.39 is 0 Å². The Bertz CT molecular complexity index is 288. The highest BCUT2D eigenvalue weighted by Crippen LogP contribution is 2.12. The molecule has 2 atom stereocenters. The molecule has 86 valence electrons. The molecule has 0 radical (unpaired) electrons. The number of likely N-dealkylation sites (N-methyl/N-ethyl adjacent to an activating group) is 1. The number of rotatable bonds is 6. The van der Waals surface area contributed by atoms with Gasteiger partial charge in [0.2, 0.25) is 0 Å². The minimum Gasteiger partial charge on any atom is -0.382 e. The number of nitrogens with one attached hydrogen (secondary N) is 1. The Morgan fingerprint density at radius 2 is 2.33 bits per heavy atom. The normalized spacial score (nSPS) is 15.2. The molecule has 1 rings (SSSR count). The fourth-order valence-corrected chi connectivity index (χ4v) is 2.18. The Kier molecular flexibility index (Phi) is 5.22. The van der Waals surface area contributed by atoms with Crippen LogP contribution in [0.25, 0.3) is 0 Å². The minimum atomic E-state index is 0.294. The average molecular weight is 228 g/mol. The Labute approximate surface area is 95.9 Å². The second kappa shape index (κ2) is 6.20. The van der Waals surface area contributed by atoms with Gasteiger partial charge in [-0.25, -0.2) is 4.98 Å². The summed E-state index contributed by atoms with van der Waals surface area (Å²) in [6.07, 6.45) is 2.29. The summed E-state index contributed by atoms with van der Waals surface area (Å²) in [6, 6.07) is 0.446. The molecule has 3 nitrogen and oxygen atoms in total. The second-order valence-electron chi connectivity index (χ2n) is 3.83. The van der Waals surface area contributed by atoms with Gasteiger partial charge >= 0.3 is 0 Å². The molecule has 15 heavy (non-hydrogen) atoms. The third-order valence-electron chi connectivity index (χ3n) is 2.55. The smallest absolute Gasteiger partial charge is 0.0897 e. The Morgan fingerprint density at radius 3 is 2.80 bits per heavy atom. The molecule has 0 amide bonds. The number of nitrogens with zero attached hydrogens (tertiary/aromatic N) is 1. The van der Waals surface area contributed by atoms with Gasteiger partial charge in [0.05, 0.1) is 16.8 Å². The molecule has 0 spiro atoms. The van der Waals surface area contributed by atoms with Gasteiger partial charge in [-0.15, -0.1) is 11.3 Å². The van der Waals surface area contributed by atoms with Crippen LogP contribution in [0.1, 0.15) is 24.0 Å². The predicted molar refractivity (Wildman–Crippen MR) is 64.5 cm³/mol. The highest BCUT2D eigenvalue weighted by molar-refractivity contribution is 7.09. The maximum atomic E-state index is 5.27. The van der Waals surface area contributed by atoms with Crippen molar-refractivity contribution in [3.05, 3.63) is 16.1 Å². The summed E-state index contributed by atoms with van der Waals surface area (Å²) in [5.41, 5.74) is 1.18. The van der Waals surface area contributed by atoms with Crippen LogP contribution in [0.4, 0.5) is 0 Å². The van der Waals surface area contributed by atoms with Gasteiger partial charge in [0.25, 0.3) is 0 Å². The van der Waals surface area contributed by atoms with Crippen molar-refractivity contribution >= 4 is 11.3 Å². The van der Waals surface area contributed by atoms with Gasteiger partial charge in [-0.2, -0.15) is 0 Å². The molecule has 0 saturated heterocycles. The molecule has 4 heteroatoms. The van der Waals surface area contributed by atoms with Crippen LogP contribution in [0.5, 0.6) is 0 Å². The van der Waals surface area contributed by atoms with Crippen molar-refractivity contribution in [2.45, 2.75) is 38.8 Å². The third kappa shape index (κ3) is 4.28. The third-order valence-corrected chi connectivity index (χ3v) is 3.37. The summed E-state index contributed by atoms with van der Waals surface area (Å²) in [6.45, 7) is 4.14. The largest absolute Gasteiger partial charge is 0.382 e.